The highest BCUT2D eigenvalue weighted by Crippen LogP contribution is 2.32. The summed E-state index contributed by atoms with van der Waals surface area (Å²) in [6.07, 6.45) is 0. The van der Waals surface area contributed by atoms with Gasteiger partial charge in [-0.3, -0.25) is 0 Å². The quantitative estimate of drug-likeness (QED) is 0.792. The Labute approximate surface area is 77.5 Å². The molecule has 0 aromatic carbocycles. The molecule has 0 unspecified atom stereocenters. The maximum absolute atomic E-state index is 10.9. The third kappa shape index (κ3) is 1.27. The zero-order chi connectivity index (χ0) is 8.77. The van der Waals surface area contributed by atoms with Gasteiger partial charge in [0.1, 0.15) is 4.21 Å². The van der Waals surface area contributed by atoms with E-state index in [-0.39, 0.29) is 4.21 Å². The first-order valence-electron chi connectivity index (χ1n) is 3.07. The van der Waals surface area contributed by atoms with E-state index in [0.717, 1.165) is 9.40 Å². The van der Waals surface area contributed by atoms with Gasteiger partial charge in [0.2, 0.25) is 10.0 Å². The number of nitrogens with two attached hydrogens (primary N) is 1. The van der Waals surface area contributed by atoms with Crippen molar-refractivity contribution in [1.82, 2.24) is 0 Å². The monoisotopic (exact) mass is 219 g/mol. The van der Waals surface area contributed by atoms with Gasteiger partial charge in [0.05, 0.1) is 4.01 Å². The van der Waals surface area contributed by atoms with Crippen LogP contribution in [0.5, 0.6) is 0 Å². The van der Waals surface area contributed by atoms with Crippen molar-refractivity contribution >= 4 is 42.1 Å². The van der Waals surface area contributed by atoms with Crippen LogP contribution in [-0.4, -0.2) is 8.42 Å². The highest BCUT2D eigenvalue weighted by atomic mass is 32.2. The molecule has 0 aliphatic rings. The van der Waals surface area contributed by atoms with Crippen molar-refractivity contribution in [2.45, 2.75) is 4.21 Å². The van der Waals surface area contributed by atoms with Crippen molar-refractivity contribution in [3.05, 3.63) is 17.5 Å². The van der Waals surface area contributed by atoms with Crippen molar-refractivity contribution in [3.63, 3.8) is 0 Å². The molecule has 12 heavy (non-hydrogen) atoms. The number of rotatable bonds is 1. The number of primary sulfonamides is 1. The second-order valence-corrected chi connectivity index (χ2v) is 6.29. The molecule has 0 aliphatic heterocycles. The van der Waals surface area contributed by atoms with Gasteiger partial charge in [-0.2, -0.15) is 0 Å². The molecular weight excluding hydrogens is 214 g/mol. The van der Waals surface area contributed by atoms with E-state index in [4.69, 9.17) is 5.14 Å². The molecule has 0 saturated carbocycles. The Morgan fingerprint density at radius 2 is 2.17 bits per heavy atom. The van der Waals surface area contributed by atoms with Gasteiger partial charge >= 0.3 is 0 Å². The summed E-state index contributed by atoms with van der Waals surface area (Å²) in [6.45, 7) is 0. The predicted molar refractivity (Wildman–Crippen MR) is 51.1 cm³/mol. The molecule has 64 valence electrons. The fraction of sp³-hybridized carbons (Fsp3) is 0. The second-order valence-electron chi connectivity index (χ2n) is 2.27. The van der Waals surface area contributed by atoms with E-state index in [1.54, 1.807) is 6.07 Å². The molecule has 0 bridgehead atoms. The van der Waals surface area contributed by atoms with Crippen LogP contribution in [0.4, 0.5) is 0 Å². The highest BCUT2D eigenvalue weighted by Gasteiger charge is 2.12. The third-order valence-corrected chi connectivity index (χ3v) is 5.03. The lowest BCUT2D eigenvalue weighted by molar-refractivity contribution is 0.600. The smallest absolute Gasteiger partial charge is 0.224 e. The number of fused-ring (bicyclic) bond motifs is 1. The van der Waals surface area contributed by atoms with Crippen molar-refractivity contribution in [2.75, 3.05) is 0 Å². The van der Waals surface area contributed by atoms with Crippen LogP contribution in [0.3, 0.4) is 0 Å². The average molecular weight is 219 g/mol. The average Bonchev–Trinajstić information content (AvgIpc) is 2.37. The first kappa shape index (κ1) is 8.18. The van der Waals surface area contributed by atoms with Crippen LogP contribution < -0.4 is 5.14 Å². The van der Waals surface area contributed by atoms with E-state index in [1.165, 1.54) is 22.7 Å². The summed E-state index contributed by atoms with van der Waals surface area (Å²) in [5, 5.41) is 7.84. The molecule has 2 heterocycles. The lowest BCUT2D eigenvalue weighted by Crippen LogP contribution is -2.09. The predicted octanol–water partition coefficient (Wildman–Crippen LogP) is 1.61. The molecule has 2 N–H and O–H groups in total. The van der Waals surface area contributed by atoms with Gasteiger partial charge in [0, 0.05) is 5.39 Å². The van der Waals surface area contributed by atoms with Crippen LogP contribution in [0.2, 0.25) is 0 Å². The summed E-state index contributed by atoms with van der Waals surface area (Å²) in [5.74, 6) is 0. The maximum Gasteiger partial charge on any atom is 0.247 e. The van der Waals surface area contributed by atoms with Gasteiger partial charge in [0.15, 0.2) is 0 Å². The molecule has 0 fully saturated rings. The van der Waals surface area contributed by atoms with E-state index in [1.807, 2.05) is 11.4 Å². The Balaban J connectivity index is 2.75. The van der Waals surface area contributed by atoms with Crippen LogP contribution >= 0.6 is 22.7 Å². The Kier molecular flexibility index (Phi) is 1.72. The summed E-state index contributed by atoms with van der Waals surface area (Å²) in [7, 11) is -3.51. The SMILES string of the molecule is NS(=O)(=O)c1cc2ccsc2s1. The number of sulfonamides is 1. The number of thiophene rings is 2. The minimum Gasteiger partial charge on any atom is -0.224 e. The van der Waals surface area contributed by atoms with Gasteiger partial charge in [-0.15, -0.1) is 22.7 Å². The molecule has 0 spiro atoms. The van der Waals surface area contributed by atoms with Gasteiger partial charge in [-0.1, -0.05) is 0 Å². The van der Waals surface area contributed by atoms with Crippen LogP contribution in [-0.2, 0) is 10.0 Å². The molecule has 0 saturated heterocycles. The zero-order valence-electron chi connectivity index (χ0n) is 5.85. The summed E-state index contributed by atoms with van der Waals surface area (Å²) >= 11 is 2.74. The van der Waals surface area contributed by atoms with Crippen LogP contribution in [0, 0.1) is 0 Å². The topological polar surface area (TPSA) is 60.2 Å². The number of hydrogen-bond acceptors (Lipinski definition) is 4. The van der Waals surface area contributed by atoms with Gasteiger partial charge in [-0.05, 0) is 17.5 Å². The Morgan fingerprint density at radius 3 is 2.75 bits per heavy atom. The summed E-state index contributed by atoms with van der Waals surface area (Å²) in [6, 6.07) is 3.48. The molecular formula is C6H5NO2S3. The third-order valence-electron chi connectivity index (χ3n) is 1.41. The van der Waals surface area contributed by atoms with Crippen molar-refractivity contribution in [3.8, 4) is 0 Å². The molecule has 3 nitrogen and oxygen atoms in total. The zero-order valence-corrected chi connectivity index (χ0v) is 8.30. The van der Waals surface area contributed by atoms with Crippen LogP contribution in [0.1, 0.15) is 0 Å². The fourth-order valence-corrected chi connectivity index (χ4v) is 3.89. The Bertz CT molecular complexity index is 479. The molecule has 0 aliphatic carbocycles. The van der Waals surface area contributed by atoms with Crippen LogP contribution in [0.25, 0.3) is 9.40 Å². The van der Waals surface area contributed by atoms with Crippen molar-refractivity contribution in [1.29, 1.82) is 0 Å². The minimum absolute atomic E-state index is 0.240. The fourth-order valence-electron chi connectivity index (χ4n) is 0.883. The van der Waals surface area contributed by atoms with E-state index >= 15 is 0 Å². The standard InChI is InChI=1S/C6H5NO2S3/c7-12(8,9)5-3-4-1-2-10-6(4)11-5/h1-3H,(H2,7,8,9). The van der Waals surface area contributed by atoms with E-state index in [0.29, 0.717) is 0 Å². The van der Waals surface area contributed by atoms with Gasteiger partial charge in [0.25, 0.3) is 0 Å². The minimum atomic E-state index is -3.51. The highest BCUT2D eigenvalue weighted by molar-refractivity contribution is 7.91. The first-order chi connectivity index (χ1) is 5.57. The van der Waals surface area contributed by atoms with E-state index in [9.17, 15) is 8.42 Å². The van der Waals surface area contributed by atoms with Crippen molar-refractivity contribution in [2.24, 2.45) is 5.14 Å². The lowest BCUT2D eigenvalue weighted by Gasteiger charge is -1.87. The number of hydrogen-bond donors (Lipinski definition) is 1. The van der Waals surface area contributed by atoms with Gasteiger partial charge in [-0.25, -0.2) is 13.6 Å². The molecule has 6 heteroatoms. The Morgan fingerprint density at radius 1 is 1.42 bits per heavy atom. The maximum atomic E-state index is 10.9. The molecule has 0 atom stereocenters. The summed E-state index contributed by atoms with van der Waals surface area (Å²) in [4.78, 5) is 0. The lowest BCUT2D eigenvalue weighted by atomic mass is 10.4. The van der Waals surface area contributed by atoms with Crippen molar-refractivity contribution < 1.29 is 8.42 Å². The van der Waals surface area contributed by atoms with E-state index in [2.05, 4.69) is 0 Å². The first-order valence-corrected chi connectivity index (χ1v) is 6.31. The van der Waals surface area contributed by atoms with Gasteiger partial charge < -0.3 is 0 Å². The molecule has 0 amide bonds. The normalized spacial score (nSPS) is 12.4. The van der Waals surface area contributed by atoms with Crippen LogP contribution in [0.15, 0.2) is 21.7 Å². The molecule has 0 radical (unpaired) electrons. The largest absolute Gasteiger partial charge is 0.247 e. The molecule has 2 aromatic heterocycles. The summed E-state index contributed by atoms with van der Waals surface area (Å²) in [5.41, 5.74) is 0. The summed E-state index contributed by atoms with van der Waals surface area (Å²) < 4.78 is 23.0. The molecule has 2 aromatic rings. The van der Waals surface area contributed by atoms with E-state index < -0.39 is 10.0 Å². The molecule has 2 rings (SSSR count). The Hall–Kier alpha value is -0.430. The second kappa shape index (κ2) is 2.53.